The van der Waals surface area contributed by atoms with Gasteiger partial charge in [0.2, 0.25) is 0 Å². The fourth-order valence-electron chi connectivity index (χ4n) is 2.39. The van der Waals surface area contributed by atoms with Crippen LogP contribution < -0.4 is 0 Å². The highest BCUT2D eigenvalue weighted by Gasteiger charge is 2.00. The normalized spacial score (nSPS) is 10.8. The third kappa shape index (κ3) is 29.9. The van der Waals surface area contributed by atoms with E-state index in [9.17, 15) is 5.21 Å². The van der Waals surface area contributed by atoms with Gasteiger partial charge in [0.05, 0.1) is 20.6 Å². The van der Waals surface area contributed by atoms with Crippen LogP contribution in [-0.2, 0) is 4.84 Å². The van der Waals surface area contributed by atoms with E-state index in [1.807, 2.05) is 0 Å². The number of rotatable bonds is 15. The Morgan fingerprint density at radius 3 is 1.43 bits per heavy atom. The highest BCUT2D eigenvalue weighted by Crippen LogP contribution is 2.12. The Bertz CT molecular complexity index is 231. The van der Waals surface area contributed by atoms with Crippen molar-refractivity contribution < 1.29 is 9.48 Å². The minimum Gasteiger partial charge on any atom is -0.633 e. The van der Waals surface area contributed by atoms with Crippen LogP contribution in [0.25, 0.3) is 0 Å². The third-order valence-corrected chi connectivity index (χ3v) is 3.73. The molecule has 0 aromatic rings. The zero-order valence-electron chi connectivity index (χ0n) is 16.0. The molecule has 0 N–H and O–H groups in total. The fraction of sp³-hybridized carbons (Fsp3) is 1.00. The molecule has 0 aliphatic rings. The molecule has 0 rings (SSSR count). The predicted molar refractivity (Wildman–Crippen MR) is 98.8 cm³/mol. The molecule has 0 aliphatic carbocycles. The third-order valence-electron chi connectivity index (χ3n) is 3.73. The smallest absolute Gasteiger partial charge is 0.155 e. The largest absolute Gasteiger partial charge is 0.633 e. The molecule has 5 heteroatoms. The Labute approximate surface area is 143 Å². The second-order valence-electron chi connectivity index (χ2n) is 6.68. The lowest BCUT2D eigenvalue weighted by molar-refractivity contribution is -0.840. The molecule has 0 aromatic carbocycles. The summed E-state index contributed by atoms with van der Waals surface area (Å²) in [5, 5.41) is 13.4. The molecule has 0 amide bonds. The van der Waals surface area contributed by atoms with Gasteiger partial charge in [0.15, 0.2) is 5.34 Å². The second-order valence-corrected chi connectivity index (χ2v) is 6.68. The quantitative estimate of drug-likeness (QED) is 0.161. The van der Waals surface area contributed by atoms with Gasteiger partial charge >= 0.3 is 0 Å². The molecule has 5 nitrogen and oxygen atoms in total. The van der Waals surface area contributed by atoms with Gasteiger partial charge in [0, 0.05) is 0 Å². The van der Waals surface area contributed by atoms with Crippen LogP contribution in [-0.4, -0.2) is 31.9 Å². The van der Waals surface area contributed by atoms with E-state index in [0.29, 0.717) is 6.61 Å². The summed E-state index contributed by atoms with van der Waals surface area (Å²) in [5.74, 6) is 0. The van der Waals surface area contributed by atoms with E-state index in [4.69, 9.17) is 4.91 Å². The average Bonchev–Trinajstić information content (AvgIpc) is 2.49. The van der Waals surface area contributed by atoms with Gasteiger partial charge < -0.3 is 14.7 Å². The zero-order chi connectivity index (χ0) is 17.8. The number of hydrogen-bond acceptors (Lipinski definition) is 4. The van der Waals surface area contributed by atoms with Gasteiger partial charge in [-0.3, -0.25) is 0 Å². The molecule has 0 spiro atoms. The first-order valence-electron chi connectivity index (χ1n) is 9.46. The summed E-state index contributed by atoms with van der Waals surface area (Å²) in [6.07, 6.45) is 16.3. The Kier molecular flexibility index (Phi) is 20.7. The molecular weight excluding hydrogens is 292 g/mol. The first-order chi connectivity index (χ1) is 11.0. The molecule has 140 valence electrons. The second kappa shape index (κ2) is 19.4. The molecule has 0 saturated carbocycles. The van der Waals surface area contributed by atoms with Crippen LogP contribution in [0.3, 0.4) is 0 Å². The highest BCUT2D eigenvalue weighted by atomic mass is 16.7. The van der Waals surface area contributed by atoms with Crippen molar-refractivity contribution in [1.29, 1.82) is 0 Å². The summed E-state index contributed by atoms with van der Waals surface area (Å²) < 4.78 is -0.127. The van der Waals surface area contributed by atoms with Gasteiger partial charge in [0.1, 0.15) is 6.61 Å². The Morgan fingerprint density at radius 2 is 1.17 bits per heavy atom. The van der Waals surface area contributed by atoms with Gasteiger partial charge in [-0.15, -0.1) is 4.91 Å². The summed E-state index contributed by atoms with van der Waals surface area (Å²) in [6, 6.07) is 0. The molecular formula is C18H40N2O3. The monoisotopic (exact) mass is 332 g/mol. The van der Waals surface area contributed by atoms with Crippen LogP contribution in [0, 0.1) is 10.1 Å². The van der Waals surface area contributed by atoms with E-state index in [-0.39, 0.29) is 4.65 Å². The number of hydrogen-bond donors (Lipinski definition) is 0. The summed E-state index contributed by atoms with van der Waals surface area (Å²) in [4.78, 5) is 12.8. The van der Waals surface area contributed by atoms with E-state index in [0.717, 1.165) is 13.0 Å². The van der Waals surface area contributed by atoms with Crippen molar-refractivity contribution >= 4 is 0 Å². The van der Waals surface area contributed by atoms with E-state index < -0.39 is 0 Å². The highest BCUT2D eigenvalue weighted by molar-refractivity contribution is 4.48. The van der Waals surface area contributed by atoms with Crippen molar-refractivity contribution in [2.24, 2.45) is 5.34 Å². The molecule has 0 aromatic heterocycles. The summed E-state index contributed by atoms with van der Waals surface area (Å²) in [6.45, 7) is 5.11. The molecule has 0 radical (unpaired) electrons. The van der Waals surface area contributed by atoms with E-state index in [1.54, 1.807) is 21.0 Å². The first-order valence-corrected chi connectivity index (χ1v) is 9.46. The molecule has 0 atom stereocenters. The average molecular weight is 333 g/mol. The number of unbranched alkanes of at least 4 members (excludes halogenated alkanes) is 11. The van der Waals surface area contributed by atoms with Crippen LogP contribution in [0.2, 0.25) is 0 Å². The van der Waals surface area contributed by atoms with Crippen molar-refractivity contribution in [3.63, 3.8) is 0 Å². The van der Waals surface area contributed by atoms with Gasteiger partial charge in [-0.25, -0.2) is 0 Å². The van der Waals surface area contributed by atoms with Crippen LogP contribution >= 0.6 is 0 Å². The number of nitrogens with zero attached hydrogens (tertiary/aromatic N) is 2. The first kappa shape index (κ1) is 24.6. The van der Waals surface area contributed by atoms with Crippen molar-refractivity contribution in [3.8, 4) is 0 Å². The standard InChI is InChI=1S/C16H35NO.C2H5NO2/c1-4-5-6-7-8-9-10-11-12-13-14-15-16-17(2,3)18;1-2-5-3-4/h4-16H2,1-3H3;2H2,1H3. The van der Waals surface area contributed by atoms with Crippen molar-refractivity contribution in [1.82, 2.24) is 0 Å². The van der Waals surface area contributed by atoms with Crippen LogP contribution in [0.1, 0.15) is 90.9 Å². The maximum absolute atomic E-state index is 11.3. The summed E-state index contributed by atoms with van der Waals surface area (Å²) in [5.41, 5.74) is 0. The predicted octanol–water partition coefficient (Wildman–Crippen LogP) is 5.97. The molecule has 23 heavy (non-hydrogen) atoms. The Hall–Kier alpha value is -0.680. The molecule has 0 unspecified atom stereocenters. The van der Waals surface area contributed by atoms with Crippen molar-refractivity contribution in [2.45, 2.75) is 90.9 Å². The molecule has 0 aliphatic heterocycles. The fourth-order valence-corrected chi connectivity index (χ4v) is 2.39. The van der Waals surface area contributed by atoms with E-state index >= 15 is 0 Å². The van der Waals surface area contributed by atoms with Crippen molar-refractivity contribution in [3.05, 3.63) is 10.1 Å². The summed E-state index contributed by atoms with van der Waals surface area (Å²) >= 11 is 0. The maximum atomic E-state index is 11.3. The topological polar surface area (TPSA) is 61.7 Å². The van der Waals surface area contributed by atoms with Gasteiger partial charge in [-0.1, -0.05) is 71.1 Å². The van der Waals surface area contributed by atoms with Gasteiger partial charge in [-0.2, -0.15) is 0 Å². The lowest BCUT2D eigenvalue weighted by Crippen LogP contribution is -2.32. The molecule has 0 heterocycles. The van der Waals surface area contributed by atoms with E-state index in [2.05, 4.69) is 17.1 Å². The lowest BCUT2D eigenvalue weighted by Gasteiger charge is -2.33. The number of quaternary nitrogens is 1. The minimum atomic E-state index is -0.127. The minimum absolute atomic E-state index is 0.127. The lowest BCUT2D eigenvalue weighted by atomic mass is 10.1. The SMILES string of the molecule is CCCCCCCCCCCCCC[N+](C)(C)[O-].CCON=O. The molecule has 0 saturated heterocycles. The maximum Gasteiger partial charge on any atom is 0.155 e. The Morgan fingerprint density at radius 1 is 0.783 bits per heavy atom. The zero-order valence-corrected chi connectivity index (χ0v) is 16.0. The van der Waals surface area contributed by atoms with Crippen LogP contribution in [0.5, 0.6) is 0 Å². The van der Waals surface area contributed by atoms with E-state index in [1.165, 1.54) is 70.6 Å². The molecule has 0 fully saturated rings. The Balaban J connectivity index is 0. The van der Waals surface area contributed by atoms with Crippen LogP contribution in [0.4, 0.5) is 0 Å². The van der Waals surface area contributed by atoms with Crippen molar-refractivity contribution in [2.75, 3.05) is 27.2 Å². The van der Waals surface area contributed by atoms with Gasteiger partial charge in [0.25, 0.3) is 0 Å². The molecule has 0 bridgehead atoms. The number of hydroxylamine groups is 3. The summed E-state index contributed by atoms with van der Waals surface area (Å²) in [7, 11) is 3.47. The van der Waals surface area contributed by atoms with Gasteiger partial charge in [-0.05, 0) is 19.8 Å². The van der Waals surface area contributed by atoms with Crippen LogP contribution in [0.15, 0.2) is 5.34 Å².